The van der Waals surface area contributed by atoms with Crippen molar-refractivity contribution in [3.05, 3.63) is 29.8 Å². The average Bonchev–Trinajstić information content (AvgIpc) is 3.20. The molecule has 0 spiro atoms. The molecule has 3 saturated heterocycles. The Bertz CT molecular complexity index is 733. The van der Waals surface area contributed by atoms with E-state index < -0.39 is 48.4 Å². The zero-order valence-corrected chi connectivity index (χ0v) is 16.8. The summed E-state index contributed by atoms with van der Waals surface area (Å²) in [6.45, 7) is 9.57. The molecule has 1 N–H and O–H groups in total. The normalized spacial score (nSPS) is 35.5. The van der Waals surface area contributed by atoms with E-state index in [2.05, 4.69) is 5.32 Å². The van der Waals surface area contributed by atoms with Crippen molar-refractivity contribution in [2.24, 2.45) is 0 Å². The molecule has 8 heteroatoms. The van der Waals surface area contributed by atoms with Crippen LogP contribution in [-0.2, 0) is 28.4 Å². The molecule has 3 heterocycles. The molecule has 1 aromatic carbocycles. The van der Waals surface area contributed by atoms with E-state index in [0.29, 0.717) is 12.3 Å². The van der Waals surface area contributed by atoms with Crippen LogP contribution in [0.2, 0.25) is 0 Å². The molecule has 3 aliphatic rings. The molecule has 0 aliphatic carbocycles. The van der Waals surface area contributed by atoms with E-state index in [1.807, 2.05) is 45.0 Å². The first kappa shape index (κ1) is 19.6. The highest BCUT2D eigenvalue weighted by atomic mass is 16.9. The molecule has 0 bridgehead atoms. The summed E-state index contributed by atoms with van der Waals surface area (Å²) in [7, 11) is 0. The number of hydrogen-bond acceptors (Lipinski definition) is 7. The smallest absolute Gasteiger partial charge is 0.412 e. The summed E-state index contributed by atoms with van der Waals surface area (Å²) < 4.78 is 35.1. The van der Waals surface area contributed by atoms with Gasteiger partial charge in [0, 0.05) is 5.69 Å². The van der Waals surface area contributed by atoms with Crippen LogP contribution in [0, 0.1) is 6.92 Å². The van der Waals surface area contributed by atoms with Crippen molar-refractivity contribution in [2.45, 2.75) is 76.9 Å². The second-order valence-electron chi connectivity index (χ2n) is 8.30. The summed E-state index contributed by atoms with van der Waals surface area (Å²) in [4.78, 5) is 12.5. The van der Waals surface area contributed by atoms with Gasteiger partial charge in [0.15, 0.2) is 30.1 Å². The van der Waals surface area contributed by atoms with E-state index in [0.717, 1.165) is 5.56 Å². The van der Waals surface area contributed by atoms with Gasteiger partial charge in [-0.05, 0) is 46.8 Å². The van der Waals surface area contributed by atoms with Gasteiger partial charge in [-0.2, -0.15) is 0 Å². The highest BCUT2D eigenvalue weighted by molar-refractivity contribution is 5.84. The monoisotopic (exact) mass is 393 g/mol. The number of aryl methyl sites for hydroxylation is 1. The number of nitrogens with one attached hydrogen (secondary N) is 1. The highest BCUT2D eigenvalue weighted by Gasteiger charge is 2.60. The fourth-order valence-corrected chi connectivity index (χ4v) is 3.72. The number of rotatable bonds is 3. The van der Waals surface area contributed by atoms with Crippen molar-refractivity contribution in [3.63, 3.8) is 0 Å². The molecular formula is C20H27NO7. The van der Waals surface area contributed by atoms with Crippen molar-refractivity contribution in [3.8, 4) is 0 Å². The van der Waals surface area contributed by atoms with Gasteiger partial charge < -0.3 is 28.4 Å². The number of fused-ring (bicyclic) bond motifs is 1. The fourth-order valence-electron chi connectivity index (χ4n) is 3.72. The summed E-state index contributed by atoms with van der Waals surface area (Å²) in [6.07, 6.45) is -3.42. The van der Waals surface area contributed by atoms with E-state index >= 15 is 0 Å². The van der Waals surface area contributed by atoms with Crippen LogP contribution in [0.5, 0.6) is 0 Å². The van der Waals surface area contributed by atoms with E-state index in [9.17, 15) is 4.79 Å². The maximum atomic E-state index is 12.5. The molecule has 3 aliphatic heterocycles. The molecule has 1 unspecified atom stereocenters. The van der Waals surface area contributed by atoms with Crippen LogP contribution in [0.1, 0.15) is 33.3 Å². The van der Waals surface area contributed by atoms with Gasteiger partial charge in [-0.3, -0.25) is 5.32 Å². The van der Waals surface area contributed by atoms with Gasteiger partial charge in [0.2, 0.25) is 0 Å². The van der Waals surface area contributed by atoms with Gasteiger partial charge in [0.25, 0.3) is 0 Å². The Morgan fingerprint density at radius 2 is 1.75 bits per heavy atom. The van der Waals surface area contributed by atoms with Crippen molar-refractivity contribution >= 4 is 11.8 Å². The largest absolute Gasteiger partial charge is 0.440 e. The number of carbonyl (C=O) groups is 1. The number of ether oxygens (including phenoxy) is 6. The minimum atomic E-state index is -0.818. The topological polar surface area (TPSA) is 84.5 Å². The van der Waals surface area contributed by atoms with Crippen molar-refractivity contribution in [1.82, 2.24) is 0 Å². The Kier molecular flexibility index (Phi) is 4.87. The molecule has 0 radical (unpaired) electrons. The maximum absolute atomic E-state index is 12.5. The minimum Gasteiger partial charge on any atom is -0.440 e. The third-order valence-corrected chi connectivity index (χ3v) is 4.96. The Morgan fingerprint density at radius 3 is 2.39 bits per heavy atom. The second kappa shape index (κ2) is 6.96. The van der Waals surface area contributed by atoms with Crippen LogP contribution in [0.4, 0.5) is 10.5 Å². The summed E-state index contributed by atoms with van der Waals surface area (Å²) in [5, 5.41) is 2.74. The third kappa shape index (κ3) is 4.01. The van der Waals surface area contributed by atoms with E-state index in [4.69, 9.17) is 28.4 Å². The van der Waals surface area contributed by atoms with E-state index in [1.165, 1.54) is 0 Å². The zero-order chi connectivity index (χ0) is 20.1. The molecule has 3 fully saturated rings. The zero-order valence-electron chi connectivity index (χ0n) is 16.8. The Hall–Kier alpha value is -1.71. The van der Waals surface area contributed by atoms with Crippen molar-refractivity contribution < 1.29 is 33.2 Å². The number of amides is 1. The minimum absolute atomic E-state index is 0.333. The van der Waals surface area contributed by atoms with Gasteiger partial charge >= 0.3 is 6.09 Å². The van der Waals surface area contributed by atoms with Crippen LogP contribution < -0.4 is 5.32 Å². The predicted octanol–water partition coefficient (Wildman–Crippen LogP) is 2.94. The quantitative estimate of drug-likeness (QED) is 0.845. The molecule has 4 rings (SSSR count). The molecule has 28 heavy (non-hydrogen) atoms. The first-order valence-corrected chi connectivity index (χ1v) is 9.49. The highest BCUT2D eigenvalue weighted by Crippen LogP contribution is 2.42. The lowest BCUT2D eigenvalue weighted by atomic mass is 10.1. The maximum Gasteiger partial charge on any atom is 0.412 e. The van der Waals surface area contributed by atoms with Crippen LogP contribution in [0.25, 0.3) is 0 Å². The molecule has 1 aromatic rings. The lowest BCUT2D eigenvalue weighted by Gasteiger charge is -2.28. The van der Waals surface area contributed by atoms with Gasteiger partial charge in [-0.15, -0.1) is 0 Å². The van der Waals surface area contributed by atoms with Crippen LogP contribution in [0.15, 0.2) is 24.3 Å². The first-order chi connectivity index (χ1) is 13.1. The summed E-state index contributed by atoms with van der Waals surface area (Å²) in [5.41, 5.74) is 1.75. The number of carbonyl (C=O) groups excluding carboxylic acids is 1. The molecule has 154 valence electrons. The first-order valence-electron chi connectivity index (χ1n) is 9.49. The lowest BCUT2D eigenvalue weighted by Crippen LogP contribution is -2.45. The third-order valence-electron chi connectivity index (χ3n) is 4.96. The number of benzene rings is 1. The van der Waals surface area contributed by atoms with Crippen LogP contribution >= 0.6 is 0 Å². The Labute approximate surface area is 164 Å². The molecule has 0 saturated carbocycles. The van der Waals surface area contributed by atoms with E-state index in [-0.39, 0.29) is 0 Å². The van der Waals surface area contributed by atoms with E-state index in [1.54, 1.807) is 13.8 Å². The molecular weight excluding hydrogens is 366 g/mol. The summed E-state index contributed by atoms with van der Waals surface area (Å²) >= 11 is 0. The molecule has 1 amide bonds. The standard InChI is InChI=1S/C20H27NO7/c1-11-6-8-12(9-7-11)21-18(22)25-15-14(13-10-23-19(2,3)26-13)24-17-16(15)27-20(4,5)28-17/h6-9,13-17H,10H2,1-5H3,(H,21,22)/t13?,14-,15+,16-,17-/m1/s1. The molecule has 5 atom stereocenters. The SMILES string of the molecule is Cc1ccc(NC(=O)O[C@@H]2[C@H]3OC(C)(C)O[C@H]3O[C@@H]2C2COC(C)(C)O2)cc1. The van der Waals surface area contributed by atoms with Gasteiger partial charge in [-0.1, -0.05) is 17.7 Å². The van der Waals surface area contributed by atoms with Crippen molar-refractivity contribution in [2.75, 3.05) is 11.9 Å². The Morgan fingerprint density at radius 1 is 1.04 bits per heavy atom. The van der Waals surface area contributed by atoms with Crippen LogP contribution in [-0.4, -0.2) is 55.0 Å². The van der Waals surface area contributed by atoms with Crippen LogP contribution in [0.3, 0.4) is 0 Å². The summed E-state index contributed by atoms with van der Waals surface area (Å²) in [6, 6.07) is 7.46. The predicted molar refractivity (Wildman–Crippen MR) is 98.7 cm³/mol. The fraction of sp³-hybridized carbons (Fsp3) is 0.650. The van der Waals surface area contributed by atoms with Gasteiger partial charge in [-0.25, -0.2) is 4.79 Å². The lowest BCUT2D eigenvalue weighted by molar-refractivity contribution is -0.231. The molecule has 8 nitrogen and oxygen atoms in total. The number of hydrogen-bond donors (Lipinski definition) is 1. The summed E-state index contributed by atoms with van der Waals surface area (Å²) in [5.74, 6) is -1.54. The average molecular weight is 393 g/mol. The van der Waals surface area contributed by atoms with Gasteiger partial charge in [0.1, 0.15) is 12.2 Å². The van der Waals surface area contributed by atoms with Gasteiger partial charge in [0.05, 0.1) is 6.61 Å². The van der Waals surface area contributed by atoms with Crippen molar-refractivity contribution in [1.29, 1.82) is 0 Å². The number of anilines is 1. The Balaban J connectivity index is 1.48. The molecule has 0 aromatic heterocycles. The second-order valence-corrected chi connectivity index (χ2v) is 8.30.